The second kappa shape index (κ2) is 5.23. The van der Waals surface area contributed by atoms with Crippen LogP contribution in [-0.4, -0.2) is 18.2 Å². The predicted octanol–water partition coefficient (Wildman–Crippen LogP) is 2.18. The molecule has 0 heterocycles. The van der Waals surface area contributed by atoms with Crippen LogP contribution in [0.1, 0.15) is 18.1 Å². The SMILES string of the molecule is COC(=O)CC(O)c1ccc(Br)cc1F. The summed E-state index contributed by atoms with van der Waals surface area (Å²) in [6, 6.07) is 4.25. The van der Waals surface area contributed by atoms with Crippen molar-refractivity contribution < 1.29 is 19.0 Å². The number of carbonyl (C=O) groups is 1. The van der Waals surface area contributed by atoms with Crippen molar-refractivity contribution in [3.05, 3.63) is 34.1 Å². The molecule has 0 saturated carbocycles. The Balaban J connectivity index is 2.82. The smallest absolute Gasteiger partial charge is 0.308 e. The van der Waals surface area contributed by atoms with Gasteiger partial charge in [0.15, 0.2) is 0 Å². The van der Waals surface area contributed by atoms with Crippen LogP contribution in [0.15, 0.2) is 22.7 Å². The highest BCUT2D eigenvalue weighted by Gasteiger charge is 2.16. The Bertz CT molecular complexity index is 368. The molecular formula is C10H10BrFO3. The average Bonchev–Trinajstić information content (AvgIpc) is 2.17. The Morgan fingerprint density at radius 1 is 1.67 bits per heavy atom. The van der Waals surface area contributed by atoms with Crippen LogP contribution in [0.2, 0.25) is 0 Å². The van der Waals surface area contributed by atoms with Gasteiger partial charge in [-0.05, 0) is 12.1 Å². The van der Waals surface area contributed by atoms with E-state index in [4.69, 9.17) is 0 Å². The van der Waals surface area contributed by atoms with Crippen molar-refractivity contribution in [3.63, 3.8) is 0 Å². The van der Waals surface area contributed by atoms with Crippen molar-refractivity contribution in [3.8, 4) is 0 Å². The summed E-state index contributed by atoms with van der Waals surface area (Å²) in [6.45, 7) is 0. The van der Waals surface area contributed by atoms with E-state index in [0.29, 0.717) is 4.47 Å². The molecule has 0 aliphatic carbocycles. The molecule has 1 N–H and O–H groups in total. The number of methoxy groups -OCH3 is 1. The third-order valence-corrected chi connectivity index (χ3v) is 2.40. The fourth-order valence-electron chi connectivity index (χ4n) is 1.12. The summed E-state index contributed by atoms with van der Waals surface area (Å²) in [7, 11) is 1.22. The maximum Gasteiger partial charge on any atom is 0.308 e. The van der Waals surface area contributed by atoms with Gasteiger partial charge in [0, 0.05) is 10.0 Å². The Hall–Kier alpha value is -0.940. The number of benzene rings is 1. The van der Waals surface area contributed by atoms with Gasteiger partial charge in [0.1, 0.15) is 5.82 Å². The van der Waals surface area contributed by atoms with Crippen molar-refractivity contribution in [2.24, 2.45) is 0 Å². The predicted molar refractivity (Wildman–Crippen MR) is 55.7 cm³/mol. The number of rotatable bonds is 3. The van der Waals surface area contributed by atoms with E-state index in [1.165, 1.54) is 19.2 Å². The number of hydrogen-bond donors (Lipinski definition) is 1. The van der Waals surface area contributed by atoms with Crippen LogP contribution in [0, 0.1) is 5.82 Å². The lowest BCUT2D eigenvalue weighted by Gasteiger charge is -2.10. The summed E-state index contributed by atoms with van der Waals surface area (Å²) in [5, 5.41) is 9.54. The average molecular weight is 277 g/mol. The van der Waals surface area contributed by atoms with E-state index in [1.807, 2.05) is 0 Å². The van der Waals surface area contributed by atoms with Crippen LogP contribution in [0.4, 0.5) is 4.39 Å². The summed E-state index contributed by atoms with van der Waals surface area (Å²) in [6.07, 6.45) is -1.43. The lowest BCUT2D eigenvalue weighted by molar-refractivity contribution is -0.142. The Kier molecular flexibility index (Phi) is 4.23. The molecule has 82 valence electrons. The van der Waals surface area contributed by atoms with Crippen molar-refractivity contribution in [2.45, 2.75) is 12.5 Å². The number of ether oxygens (including phenoxy) is 1. The molecule has 0 amide bonds. The van der Waals surface area contributed by atoms with Crippen LogP contribution < -0.4 is 0 Å². The van der Waals surface area contributed by atoms with E-state index in [9.17, 15) is 14.3 Å². The maximum absolute atomic E-state index is 13.3. The largest absolute Gasteiger partial charge is 0.469 e. The molecule has 3 nitrogen and oxygen atoms in total. The fourth-order valence-corrected chi connectivity index (χ4v) is 1.46. The number of aliphatic hydroxyl groups excluding tert-OH is 1. The number of carbonyl (C=O) groups excluding carboxylic acids is 1. The lowest BCUT2D eigenvalue weighted by atomic mass is 10.1. The molecule has 0 radical (unpaired) electrons. The van der Waals surface area contributed by atoms with E-state index in [-0.39, 0.29) is 12.0 Å². The molecule has 5 heteroatoms. The number of aliphatic hydroxyl groups is 1. The summed E-state index contributed by atoms with van der Waals surface area (Å²) >= 11 is 3.10. The quantitative estimate of drug-likeness (QED) is 0.861. The Labute approximate surface area is 95.0 Å². The third kappa shape index (κ3) is 3.28. The zero-order chi connectivity index (χ0) is 11.4. The van der Waals surface area contributed by atoms with Gasteiger partial charge < -0.3 is 9.84 Å². The normalized spacial score (nSPS) is 12.3. The van der Waals surface area contributed by atoms with Gasteiger partial charge >= 0.3 is 5.97 Å². The minimum atomic E-state index is -1.18. The molecule has 0 aromatic heterocycles. The van der Waals surface area contributed by atoms with Crippen LogP contribution in [0.25, 0.3) is 0 Å². The molecule has 0 fully saturated rings. The van der Waals surface area contributed by atoms with Crippen LogP contribution in [0.3, 0.4) is 0 Å². The number of esters is 1. The van der Waals surface area contributed by atoms with E-state index in [2.05, 4.69) is 20.7 Å². The number of halogens is 2. The lowest BCUT2D eigenvalue weighted by Crippen LogP contribution is -2.09. The molecule has 1 rings (SSSR count). The van der Waals surface area contributed by atoms with Crippen LogP contribution in [0.5, 0.6) is 0 Å². The first kappa shape index (κ1) is 12.1. The molecule has 0 saturated heterocycles. The molecule has 1 atom stereocenters. The summed E-state index contributed by atoms with van der Waals surface area (Å²) < 4.78 is 18.3. The van der Waals surface area contributed by atoms with Gasteiger partial charge in [-0.3, -0.25) is 4.79 Å². The van der Waals surface area contributed by atoms with Crippen molar-refractivity contribution >= 4 is 21.9 Å². The van der Waals surface area contributed by atoms with E-state index < -0.39 is 17.9 Å². The fraction of sp³-hybridized carbons (Fsp3) is 0.300. The molecule has 15 heavy (non-hydrogen) atoms. The number of hydrogen-bond acceptors (Lipinski definition) is 3. The molecule has 0 aliphatic heterocycles. The minimum absolute atomic E-state index is 0.0867. The van der Waals surface area contributed by atoms with Crippen molar-refractivity contribution in [1.29, 1.82) is 0 Å². The van der Waals surface area contributed by atoms with Gasteiger partial charge in [0.25, 0.3) is 0 Å². The minimum Gasteiger partial charge on any atom is -0.469 e. The molecular weight excluding hydrogens is 267 g/mol. The maximum atomic E-state index is 13.3. The highest BCUT2D eigenvalue weighted by molar-refractivity contribution is 9.10. The summed E-state index contributed by atoms with van der Waals surface area (Å²) in [5.74, 6) is -1.13. The van der Waals surface area contributed by atoms with E-state index in [0.717, 1.165) is 0 Å². The van der Waals surface area contributed by atoms with Crippen molar-refractivity contribution in [2.75, 3.05) is 7.11 Å². The van der Waals surface area contributed by atoms with Gasteiger partial charge in [-0.2, -0.15) is 0 Å². The standard InChI is InChI=1S/C10H10BrFO3/c1-15-10(14)5-9(13)7-3-2-6(11)4-8(7)12/h2-4,9,13H,5H2,1H3. The first-order valence-corrected chi connectivity index (χ1v) is 5.03. The first-order chi connectivity index (χ1) is 7.04. The van der Waals surface area contributed by atoms with Crippen LogP contribution in [-0.2, 0) is 9.53 Å². The molecule has 1 aromatic carbocycles. The van der Waals surface area contributed by atoms with Crippen LogP contribution >= 0.6 is 15.9 Å². The first-order valence-electron chi connectivity index (χ1n) is 4.24. The monoisotopic (exact) mass is 276 g/mol. The van der Waals surface area contributed by atoms with Gasteiger partial charge in [-0.25, -0.2) is 4.39 Å². The molecule has 1 unspecified atom stereocenters. The molecule has 0 spiro atoms. The van der Waals surface area contributed by atoms with Crippen molar-refractivity contribution in [1.82, 2.24) is 0 Å². The Morgan fingerprint density at radius 2 is 2.33 bits per heavy atom. The Morgan fingerprint density at radius 3 is 2.87 bits per heavy atom. The van der Waals surface area contributed by atoms with Gasteiger partial charge in [-0.1, -0.05) is 22.0 Å². The van der Waals surface area contributed by atoms with Gasteiger partial charge in [0.2, 0.25) is 0 Å². The second-order valence-corrected chi connectivity index (χ2v) is 3.88. The highest BCUT2D eigenvalue weighted by atomic mass is 79.9. The van der Waals surface area contributed by atoms with Gasteiger partial charge in [-0.15, -0.1) is 0 Å². The van der Waals surface area contributed by atoms with E-state index in [1.54, 1.807) is 6.07 Å². The molecule has 0 aliphatic rings. The topological polar surface area (TPSA) is 46.5 Å². The third-order valence-electron chi connectivity index (χ3n) is 1.91. The summed E-state index contributed by atoms with van der Waals surface area (Å²) in [4.78, 5) is 10.9. The zero-order valence-corrected chi connectivity index (χ0v) is 9.62. The second-order valence-electron chi connectivity index (χ2n) is 2.96. The summed E-state index contributed by atoms with van der Waals surface area (Å²) in [5.41, 5.74) is 0.0867. The highest BCUT2D eigenvalue weighted by Crippen LogP contribution is 2.23. The molecule has 0 bridgehead atoms. The zero-order valence-electron chi connectivity index (χ0n) is 8.04. The molecule has 1 aromatic rings. The van der Waals surface area contributed by atoms with Gasteiger partial charge in [0.05, 0.1) is 19.6 Å². The van der Waals surface area contributed by atoms with E-state index >= 15 is 0 Å².